The van der Waals surface area contributed by atoms with Crippen molar-refractivity contribution in [2.24, 2.45) is 0 Å². The fraction of sp³-hybridized carbons (Fsp3) is 0.241. The second-order valence-electron chi connectivity index (χ2n) is 9.71. The first kappa shape index (κ1) is 27.5. The third kappa shape index (κ3) is 5.36. The van der Waals surface area contributed by atoms with E-state index in [1.165, 1.54) is 22.5 Å². The van der Waals surface area contributed by atoms with Gasteiger partial charge in [-0.25, -0.2) is 13.2 Å². The van der Waals surface area contributed by atoms with Crippen LogP contribution in [0.1, 0.15) is 27.0 Å². The molecule has 5 rings (SSSR count). The number of carbonyl (C=O) groups is 2. The number of nitrogens with one attached hydrogen (secondary N) is 2. The van der Waals surface area contributed by atoms with E-state index in [-0.39, 0.29) is 23.0 Å². The zero-order valence-electron chi connectivity index (χ0n) is 21.9. The number of sulfonamides is 1. The predicted octanol–water partition coefficient (Wildman–Crippen LogP) is 2.92. The van der Waals surface area contributed by atoms with Crippen LogP contribution in [0.15, 0.2) is 71.6 Å². The molecule has 0 aliphatic carbocycles. The molecule has 10 nitrogen and oxygen atoms in total. The molecule has 2 aliphatic rings. The SMILES string of the molecule is Cc1cc2c(cc1C(=O)O)NC(=O)/C2=C(/Nc1ccc(S(=O)(=O)N2CCN(CCO)CC2)cc1)c1ccccc1. The van der Waals surface area contributed by atoms with Crippen LogP contribution in [0.3, 0.4) is 0 Å². The molecular weight excluding hydrogens is 532 g/mol. The van der Waals surface area contributed by atoms with Crippen molar-refractivity contribution in [3.8, 4) is 0 Å². The van der Waals surface area contributed by atoms with Crippen LogP contribution < -0.4 is 10.6 Å². The van der Waals surface area contributed by atoms with Gasteiger partial charge >= 0.3 is 5.97 Å². The van der Waals surface area contributed by atoms with Crippen LogP contribution >= 0.6 is 0 Å². The summed E-state index contributed by atoms with van der Waals surface area (Å²) in [7, 11) is -3.69. The summed E-state index contributed by atoms with van der Waals surface area (Å²) in [5.74, 6) is -1.45. The van der Waals surface area contributed by atoms with Crippen molar-refractivity contribution in [1.29, 1.82) is 0 Å². The van der Waals surface area contributed by atoms with Crippen LogP contribution in [0.2, 0.25) is 0 Å². The van der Waals surface area contributed by atoms with Gasteiger partial charge in [0.15, 0.2) is 0 Å². The molecule has 2 heterocycles. The predicted molar refractivity (Wildman–Crippen MR) is 152 cm³/mol. The smallest absolute Gasteiger partial charge is 0.336 e. The Kier molecular flexibility index (Phi) is 7.72. The fourth-order valence-electron chi connectivity index (χ4n) is 5.03. The van der Waals surface area contributed by atoms with E-state index in [9.17, 15) is 23.1 Å². The van der Waals surface area contributed by atoms with E-state index in [0.717, 1.165) is 5.56 Å². The van der Waals surface area contributed by atoms with Crippen LogP contribution in [0.25, 0.3) is 11.3 Å². The van der Waals surface area contributed by atoms with E-state index in [0.29, 0.717) is 66.5 Å². The zero-order valence-corrected chi connectivity index (χ0v) is 22.7. The number of aliphatic hydroxyl groups is 1. The number of carbonyl (C=O) groups excluding carboxylic acids is 1. The maximum atomic E-state index is 13.2. The number of carboxylic acid groups (broad SMARTS) is 1. The van der Waals surface area contributed by atoms with Crippen molar-refractivity contribution in [2.45, 2.75) is 11.8 Å². The average Bonchev–Trinajstić information content (AvgIpc) is 3.26. The van der Waals surface area contributed by atoms with Crippen molar-refractivity contribution >= 4 is 44.5 Å². The van der Waals surface area contributed by atoms with Crippen molar-refractivity contribution in [3.63, 3.8) is 0 Å². The number of aliphatic hydroxyl groups excluding tert-OH is 1. The van der Waals surface area contributed by atoms with Gasteiger partial charge in [-0.3, -0.25) is 9.69 Å². The number of anilines is 2. The lowest BCUT2D eigenvalue weighted by molar-refractivity contribution is -0.110. The summed E-state index contributed by atoms with van der Waals surface area (Å²) >= 11 is 0. The van der Waals surface area contributed by atoms with Gasteiger partial charge in [0.2, 0.25) is 10.0 Å². The number of nitrogens with zero attached hydrogens (tertiary/aromatic N) is 2. The first-order chi connectivity index (χ1) is 19.2. The molecule has 3 aromatic rings. The second kappa shape index (κ2) is 11.2. The number of amides is 1. The fourth-order valence-corrected chi connectivity index (χ4v) is 6.45. The number of fused-ring (bicyclic) bond motifs is 1. The van der Waals surface area contributed by atoms with E-state index in [4.69, 9.17) is 5.11 Å². The molecule has 2 aliphatic heterocycles. The van der Waals surface area contributed by atoms with Gasteiger partial charge in [-0.15, -0.1) is 0 Å². The van der Waals surface area contributed by atoms with E-state index >= 15 is 0 Å². The van der Waals surface area contributed by atoms with Gasteiger partial charge in [-0.05, 0) is 54.4 Å². The number of carboxylic acids is 1. The van der Waals surface area contributed by atoms with Gasteiger partial charge < -0.3 is 20.8 Å². The molecule has 11 heteroatoms. The Balaban J connectivity index is 1.47. The first-order valence-corrected chi connectivity index (χ1v) is 14.3. The summed E-state index contributed by atoms with van der Waals surface area (Å²) in [6, 6.07) is 18.8. The molecule has 0 atom stereocenters. The van der Waals surface area contributed by atoms with E-state index in [2.05, 4.69) is 10.6 Å². The number of rotatable bonds is 8. The maximum Gasteiger partial charge on any atom is 0.336 e. The summed E-state index contributed by atoms with van der Waals surface area (Å²) < 4.78 is 27.9. The third-order valence-corrected chi connectivity index (χ3v) is 9.07. The Bertz CT molecular complexity index is 1580. The maximum absolute atomic E-state index is 13.2. The summed E-state index contributed by atoms with van der Waals surface area (Å²) in [5.41, 5.74) is 3.82. The van der Waals surface area contributed by atoms with E-state index in [1.54, 1.807) is 25.1 Å². The molecule has 1 amide bonds. The van der Waals surface area contributed by atoms with Crippen molar-refractivity contribution in [1.82, 2.24) is 9.21 Å². The zero-order chi connectivity index (χ0) is 28.4. The Morgan fingerprint density at radius 1 is 1.00 bits per heavy atom. The molecule has 40 heavy (non-hydrogen) atoms. The van der Waals surface area contributed by atoms with Crippen LogP contribution in [-0.2, 0) is 14.8 Å². The van der Waals surface area contributed by atoms with Gasteiger partial charge in [-0.1, -0.05) is 30.3 Å². The van der Waals surface area contributed by atoms with Gasteiger partial charge in [0.25, 0.3) is 5.91 Å². The summed E-state index contributed by atoms with van der Waals surface area (Å²) in [5, 5.41) is 24.7. The standard InChI is InChI=1S/C29H30N4O6S/c1-19-17-24-25(18-23(19)29(36)37)31-28(35)26(24)27(20-5-3-2-4-6-20)30-21-7-9-22(10-8-21)40(38,39)33-13-11-32(12-14-33)15-16-34/h2-10,17-18,30,34H,11-16H2,1H3,(H,31,35)(H,36,37)/b27-26+. The average molecular weight is 563 g/mol. The molecule has 1 saturated heterocycles. The Hall–Kier alpha value is -4.03. The lowest BCUT2D eigenvalue weighted by Gasteiger charge is -2.33. The number of aromatic carboxylic acids is 1. The highest BCUT2D eigenvalue weighted by Crippen LogP contribution is 2.39. The number of β-amino-alcohol motifs (C(OH)–C–C–N with tert-alkyl or cyclic N) is 1. The highest BCUT2D eigenvalue weighted by molar-refractivity contribution is 7.89. The number of benzene rings is 3. The van der Waals surface area contributed by atoms with Crippen LogP contribution in [0, 0.1) is 6.92 Å². The molecule has 208 valence electrons. The van der Waals surface area contributed by atoms with Crippen molar-refractivity contribution < 1.29 is 28.2 Å². The molecule has 0 bridgehead atoms. The normalized spacial score (nSPS) is 17.3. The van der Waals surface area contributed by atoms with E-state index < -0.39 is 16.0 Å². The molecule has 0 aromatic heterocycles. The molecule has 4 N–H and O–H groups in total. The summed E-state index contributed by atoms with van der Waals surface area (Å²) in [6.45, 7) is 4.07. The number of hydrogen-bond acceptors (Lipinski definition) is 7. The van der Waals surface area contributed by atoms with Gasteiger partial charge in [0.05, 0.1) is 34.0 Å². The number of aryl methyl sites for hydroxylation is 1. The van der Waals surface area contributed by atoms with Gasteiger partial charge in [0.1, 0.15) is 0 Å². The Morgan fingerprint density at radius 3 is 2.30 bits per heavy atom. The highest BCUT2D eigenvalue weighted by atomic mass is 32.2. The number of piperazine rings is 1. The molecule has 3 aromatic carbocycles. The second-order valence-corrected chi connectivity index (χ2v) is 11.6. The lowest BCUT2D eigenvalue weighted by Crippen LogP contribution is -2.49. The van der Waals surface area contributed by atoms with Crippen LogP contribution in [0.5, 0.6) is 0 Å². The molecule has 0 spiro atoms. The molecule has 0 unspecified atom stereocenters. The van der Waals surface area contributed by atoms with Gasteiger partial charge in [-0.2, -0.15) is 4.31 Å². The summed E-state index contributed by atoms with van der Waals surface area (Å²) in [6.07, 6.45) is 0. The number of hydrogen-bond donors (Lipinski definition) is 4. The minimum absolute atomic E-state index is 0.0402. The highest BCUT2D eigenvalue weighted by Gasteiger charge is 2.31. The largest absolute Gasteiger partial charge is 0.478 e. The van der Waals surface area contributed by atoms with E-state index in [1.807, 2.05) is 35.2 Å². The van der Waals surface area contributed by atoms with Gasteiger partial charge in [0, 0.05) is 44.0 Å². The first-order valence-electron chi connectivity index (χ1n) is 12.9. The topological polar surface area (TPSA) is 139 Å². The molecule has 1 fully saturated rings. The van der Waals surface area contributed by atoms with Crippen LogP contribution in [0.4, 0.5) is 11.4 Å². The monoisotopic (exact) mass is 562 g/mol. The lowest BCUT2D eigenvalue weighted by atomic mass is 9.96. The Labute approximate surface area is 232 Å². The van der Waals surface area contributed by atoms with Crippen molar-refractivity contribution in [2.75, 3.05) is 50.0 Å². The van der Waals surface area contributed by atoms with Crippen molar-refractivity contribution in [3.05, 3.63) is 89.0 Å². The molecule has 0 saturated carbocycles. The third-order valence-electron chi connectivity index (χ3n) is 7.16. The molecule has 0 radical (unpaired) electrons. The minimum atomic E-state index is -3.69. The minimum Gasteiger partial charge on any atom is -0.478 e. The summed E-state index contributed by atoms with van der Waals surface area (Å²) in [4.78, 5) is 27.0. The quantitative estimate of drug-likeness (QED) is 0.308. The van der Waals surface area contributed by atoms with Crippen LogP contribution in [-0.4, -0.2) is 79.0 Å². The molecular formula is C29H30N4O6S. The Morgan fingerprint density at radius 2 is 1.68 bits per heavy atom.